The first-order valence-electron chi connectivity index (χ1n) is 6.57. The van der Waals surface area contributed by atoms with Gasteiger partial charge in [-0.05, 0) is 6.42 Å². The third-order valence-electron chi connectivity index (χ3n) is 2.68. The van der Waals surface area contributed by atoms with Gasteiger partial charge in [0.2, 0.25) is 0 Å². The first-order chi connectivity index (χ1) is 8.12. The second-order valence-corrected chi connectivity index (χ2v) is 5.61. The van der Waals surface area contributed by atoms with Crippen LogP contribution in [0.1, 0.15) is 64.7 Å². The van der Waals surface area contributed by atoms with E-state index < -0.39 is 10.4 Å². The first kappa shape index (κ1) is 16.9. The molecule has 0 aromatic rings. The minimum absolute atomic E-state index is 0.228. The van der Waals surface area contributed by atoms with Crippen LogP contribution in [-0.4, -0.2) is 22.1 Å². The Kier molecular flexibility index (Phi) is 10.9. The molecule has 0 heterocycles. The Labute approximate surface area is 106 Å². The van der Waals surface area contributed by atoms with Gasteiger partial charge in [0, 0.05) is 0 Å². The Morgan fingerprint density at radius 3 is 1.76 bits per heavy atom. The molecule has 0 atom stereocenters. The molecule has 0 N–H and O–H groups in total. The smallest absolute Gasteiger partial charge is 0.252 e. The Bertz CT molecular complexity index is 249. The number of unbranched alkanes of at least 4 members (excludes halogenated alkanes) is 8. The van der Waals surface area contributed by atoms with Gasteiger partial charge in [-0.2, -0.15) is 8.42 Å². The highest BCUT2D eigenvalue weighted by atomic mass is 32.3. The largest absolute Gasteiger partial charge is 0.399 e. The number of hydrogen-bond donors (Lipinski definition) is 0. The van der Waals surface area contributed by atoms with Crippen molar-refractivity contribution < 1.29 is 16.8 Å². The average molecular weight is 266 g/mol. The van der Waals surface area contributed by atoms with Crippen molar-refractivity contribution in [1.82, 2.24) is 0 Å². The van der Waals surface area contributed by atoms with Crippen LogP contribution in [0.5, 0.6) is 0 Å². The molecule has 0 aliphatic carbocycles. The van der Waals surface area contributed by atoms with E-state index in [1.807, 2.05) is 0 Å². The lowest BCUT2D eigenvalue weighted by atomic mass is 10.1. The van der Waals surface area contributed by atoms with Crippen molar-refractivity contribution in [3.8, 4) is 0 Å². The highest BCUT2D eigenvalue weighted by Crippen LogP contribution is 2.09. The Morgan fingerprint density at radius 2 is 1.29 bits per heavy atom. The molecule has 104 valence electrons. The second kappa shape index (κ2) is 11.0. The van der Waals surface area contributed by atoms with E-state index in [1.165, 1.54) is 38.5 Å². The van der Waals surface area contributed by atoms with E-state index in [4.69, 9.17) is 0 Å². The Morgan fingerprint density at radius 1 is 0.824 bits per heavy atom. The molecule has 0 spiro atoms. The summed E-state index contributed by atoms with van der Waals surface area (Å²) in [5.74, 6) is 0. The third kappa shape index (κ3) is 12.1. The van der Waals surface area contributed by atoms with Crippen LogP contribution in [0.25, 0.3) is 0 Å². The number of rotatable bonds is 12. The summed E-state index contributed by atoms with van der Waals surface area (Å²) in [5, 5.41) is 0. The summed E-state index contributed by atoms with van der Waals surface area (Å²) in [5.41, 5.74) is 0. The first-order valence-corrected chi connectivity index (χ1v) is 7.90. The summed E-state index contributed by atoms with van der Waals surface area (Å²) >= 11 is 0. The van der Waals surface area contributed by atoms with Gasteiger partial charge in [0.15, 0.2) is 0 Å². The van der Waals surface area contributed by atoms with Gasteiger partial charge < -0.3 is 0 Å². The summed E-state index contributed by atoms with van der Waals surface area (Å²) in [6.45, 7) is 2.44. The maximum absolute atomic E-state index is 10.8. The van der Waals surface area contributed by atoms with Crippen LogP contribution in [0, 0.1) is 0 Å². The highest BCUT2D eigenvalue weighted by Gasteiger charge is 2.07. The SMILES string of the molecule is CCCCCCCCCCCOS(=O)(=O)OC. The summed E-state index contributed by atoms with van der Waals surface area (Å²) in [6.07, 6.45) is 10.8. The summed E-state index contributed by atoms with van der Waals surface area (Å²) in [6, 6.07) is 0. The van der Waals surface area contributed by atoms with Gasteiger partial charge in [-0.3, -0.25) is 4.18 Å². The second-order valence-electron chi connectivity index (χ2n) is 4.23. The van der Waals surface area contributed by atoms with Crippen molar-refractivity contribution in [2.45, 2.75) is 64.7 Å². The maximum Gasteiger partial charge on any atom is 0.399 e. The zero-order valence-electron chi connectivity index (χ0n) is 11.1. The predicted molar refractivity (Wildman–Crippen MR) is 69.1 cm³/mol. The number of hydrogen-bond acceptors (Lipinski definition) is 4. The molecule has 0 bridgehead atoms. The van der Waals surface area contributed by atoms with Crippen LogP contribution in [0.4, 0.5) is 0 Å². The molecular formula is C12H26O4S. The molecule has 0 saturated heterocycles. The van der Waals surface area contributed by atoms with Crippen LogP contribution in [0.3, 0.4) is 0 Å². The molecule has 0 unspecified atom stereocenters. The van der Waals surface area contributed by atoms with Crippen LogP contribution in [0.2, 0.25) is 0 Å². The molecule has 4 nitrogen and oxygen atoms in total. The standard InChI is InChI=1S/C12H26O4S/c1-3-4-5-6-7-8-9-10-11-12-16-17(13,14)15-2/h3-12H2,1-2H3. The van der Waals surface area contributed by atoms with Crippen LogP contribution in [0.15, 0.2) is 0 Å². The van der Waals surface area contributed by atoms with Crippen molar-refractivity contribution in [1.29, 1.82) is 0 Å². The molecule has 0 fully saturated rings. The van der Waals surface area contributed by atoms with E-state index in [2.05, 4.69) is 15.3 Å². The minimum Gasteiger partial charge on any atom is -0.252 e. The quantitative estimate of drug-likeness (QED) is 0.508. The summed E-state index contributed by atoms with van der Waals surface area (Å²) in [4.78, 5) is 0. The maximum atomic E-state index is 10.8. The summed E-state index contributed by atoms with van der Waals surface area (Å²) < 4.78 is 30.3. The van der Waals surface area contributed by atoms with Crippen LogP contribution < -0.4 is 0 Å². The lowest BCUT2D eigenvalue weighted by molar-refractivity contribution is 0.238. The monoisotopic (exact) mass is 266 g/mol. The van der Waals surface area contributed by atoms with Gasteiger partial charge in [-0.1, -0.05) is 58.3 Å². The van der Waals surface area contributed by atoms with Crippen LogP contribution >= 0.6 is 0 Å². The fourth-order valence-electron chi connectivity index (χ4n) is 1.62. The molecule has 0 radical (unpaired) electrons. The minimum atomic E-state index is -3.73. The Balaban J connectivity index is 3.14. The molecule has 0 aromatic carbocycles. The Hall–Kier alpha value is -0.130. The molecular weight excluding hydrogens is 240 g/mol. The third-order valence-corrected chi connectivity index (χ3v) is 3.54. The molecule has 0 saturated carbocycles. The normalized spacial score (nSPS) is 11.9. The fraction of sp³-hybridized carbons (Fsp3) is 1.00. The molecule has 0 amide bonds. The topological polar surface area (TPSA) is 52.6 Å². The van der Waals surface area contributed by atoms with Gasteiger partial charge in [0.25, 0.3) is 0 Å². The van der Waals surface area contributed by atoms with E-state index in [0.717, 1.165) is 26.4 Å². The van der Waals surface area contributed by atoms with Gasteiger partial charge in [0.05, 0.1) is 13.7 Å². The van der Waals surface area contributed by atoms with Gasteiger partial charge in [-0.15, -0.1) is 0 Å². The molecule has 0 aromatic heterocycles. The predicted octanol–water partition coefficient (Wildman–Crippen LogP) is 3.43. The van der Waals surface area contributed by atoms with Gasteiger partial charge >= 0.3 is 10.4 Å². The van der Waals surface area contributed by atoms with E-state index in [9.17, 15) is 8.42 Å². The van der Waals surface area contributed by atoms with E-state index in [1.54, 1.807) is 0 Å². The molecule has 17 heavy (non-hydrogen) atoms. The summed E-state index contributed by atoms with van der Waals surface area (Å²) in [7, 11) is -2.62. The molecule has 0 aliphatic rings. The average Bonchev–Trinajstić information content (AvgIpc) is 2.31. The van der Waals surface area contributed by atoms with Crippen molar-refractivity contribution in [2.75, 3.05) is 13.7 Å². The lowest BCUT2D eigenvalue weighted by Crippen LogP contribution is -2.08. The van der Waals surface area contributed by atoms with E-state index in [-0.39, 0.29) is 6.61 Å². The zero-order valence-corrected chi connectivity index (χ0v) is 11.9. The zero-order chi connectivity index (χ0) is 13.0. The van der Waals surface area contributed by atoms with E-state index in [0.29, 0.717) is 0 Å². The molecule has 0 aliphatic heterocycles. The highest BCUT2D eigenvalue weighted by molar-refractivity contribution is 7.81. The van der Waals surface area contributed by atoms with Crippen molar-refractivity contribution in [2.24, 2.45) is 0 Å². The van der Waals surface area contributed by atoms with Gasteiger partial charge in [-0.25, -0.2) is 4.18 Å². The van der Waals surface area contributed by atoms with E-state index >= 15 is 0 Å². The lowest BCUT2D eigenvalue weighted by Gasteiger charge is -2.03. The van der Waals surface area contributed by atoms with Gasteiger partial charge in [0.1, 0.15) is 0 Å². The van der Waals surface area contributed by atoms with Crippen LogP contribution in [-0.2, 0) is 18.8 Å². The molecule has 5 heteroatoms. The van der Waals surface area contributed by atoms with Crippen molar-refractivity contribution in [3.63, 3.8) is 0 Å². The van der Waals surface area contributed by atoms with Crippen molar-refractivity contribution in [3.05, 3.63) is 0 Å². The van der Waals surface area contributed by atoms with Crippen molar-refractivity contribution >= 4 is 10.4 Å². The fourth-order valence-corrected chi connectivity index (χ4v) is 2.04. The molecule has 0 rings (SSSR count).